The Kier molecular flexibility index (Phi) is 5.37. The molecule has 0 bridgehead atoms. The van der Waals surface area contributed by atoms with Crippen LogP contribution in [0.15, 0.2) is 30.3 Å². The Hall–Kier alpha value is -2.42. The lowest BCUT2D eigenvalue weighted by Gasteiger charge is -2.47. The third-order valence-electron chi connectivity index (χ3n) is 7.82. The number of phenolic OH excluding ortho intramolecular Hbond substituents is 1. The maximum atomic E-state index is 10.3. The molecule has 32 heavy (non-hydrogen) atoms. The van der Waals surface area contributed by atoms with Gasteiger partial charge in [0.2, 0.25) is 0 Å². The molecule has 3 saturated heterocycles. The molecular weight excluding hydrogens is 402 g/mol. The van der Waals surface area contributed by atoms with Crippen LogP contribution in [0.5, 0.6) is 5.75 Å². The summed E-state index contributed by atoms with van der Waals surface area (Å²) in [5.41, 5.74) is 2.56. The van der Waals surface area contributed by atoms with Crippen molar-refractivity contribution in [2.45, 2.75) is 37.4 Å². The zero-order valence-corrected chi connectivity index (χ0v) is 18.6. The van der Waals surface area contributed by atoms with Crippen molar-refractivity contribution in [1.29, 1.82) is 0 Å². The molecule has 5 heterocycles. The van der Waals surface area contributed by atoms with E-state index in [0.717, 1.165) is 55.0 Å². The van der Waals surface area contributed by atoms with Gasteiger partial charge in [0.1, 0.15) is 5.75 Å². The van der Waals surface area contributed by atoms with Crippen LogP contribution in [0, 0.1) is 0 Å². The fraction of sp³-hybridized carbons (Fsp3) is 0.583. The molecule has 2 atom stereocenters. The van der Waals surface area contributed by atoms with Gasteiger partial charge in [-0.25, -0.2) is 0 Å². The van der Waals surface area contributed by atoms with Gasteiger partial charge >= 0.3 is 0 Å². The standard InChI is InChI=1S/C24H33N7O/c32-23-4-2-1-3-20(23)21-13-22-24(28-27-21)26-14-19-16-30(11-12-31(19)22)18-7-10-29(15-18)17-5-8-25-9-6-17/h1-4,13,17-19,25,32H,5-12,14-16H2,(H,26,28)/t18?,19-/m0/s1. The van der Waals surface area contributed by atoms with Gasteiger partial charge in [-0.15, -0.1) is 10.2 Å². The molecule has 0 saturated carbocycles. The highest BCUT2D eigenvalue weighted by atomic mass is 16.3. The van der Waals surface area contributed by atoms with Crippen LogP contribution in [0.2, 0.25) is 0 Å². The molecule has 3 fully saturated rings. The predicted molar refractivity (Wildman–Crippen MR) is 126 cm³/mol. The van der Waals surface area contributed by atoms with Crippen LogP contribution in [0.1, 0.15) is 19.3 Å². The molecular formula is C24H33N7O. The topological polar surface area (TPSA) is 79.8 Å². The van der Waals surface area contributed by atoms with Crippen molar-refractivity contribution < 1.29 is 5.11 Å². The van der Waals surface area contributed by atoms with Gasteiger partial charge in [0, 0.05) is 56.9 Å². The molecule has 0 aliphatic carbocycles. The smallest absolute Gasteiger partial charge is 0.172 e. The second kappa shape index (κ2) is 8.50. The molecule has 1 unspecified atom stereocenters. The number of phenols is 1. The molecule has 1 aromatic carbocycles. The van der Waals surface area contributed by atoms with E-state index in [0.29, 0.717) is 12.1 Å². The molecule has 0 spiro atoms. The number of piperazine rings is 1. The van der Waals surface area contributed by atoms with Gasteiger partial charge in [0.25, 0.3) is 0 Å². The van der Waals surface area contributed by atoms with Gasteiger partial charge in [0.05, 0.1) is 17.4 Å². The predicted octanol–water partition coefficient (Wildman–Crippen LogP) is 1.59. The molecule has 0 radical (unpaired) electrons. The summed E-state index contributed by atoms with van der Waals surface area (Å²) >= 11 is 0. The number of anilines is 2. The van der Waals surface area contributed by atoms with Crippen LogP contribution in [-0.2, 0) is 0 Å². The number of aromatic nitrogens is 2. The van der Waals surface area contributed by atoms with Crippen molar-refractivity contribution in [1.82, 2.24) is 25.3 Å². The summed E-state index contributed by atoms with van der Waals surface area (Å²) in [5.74, 6) is 1.10. The zero-order chi connectivity index (χ0) is 21.5. The highest BCUT2D eigenvalue weighted by Gasteiger charge is 2.38. The molecule has 0 amide bonds. The first-order chi connectivity index (χ1) is 15.8. The Balaban J connectivity index is 1.15. The minimum atomic E-state index is 0.242. The normalized spacial score (nSPS) is 27.1. The number of fused-ring (bicyclic) bond motifs is 3. The number of nitrogens with one attached hydrogen (secondary N) is 2. The average molecular weight is 436 g/mol. The first-order valence-corrected chi connectivity index (χ1v) is 12.1. The summed E-state index contributed by atoms with van der Waals surface area (Å²) in [6.07, 6.45) is 3.89. The second-order valence-corrected chi connectivity index (χ2v) is 9.62. The van der Waals surface area contributed by atoms with E-state index in [1.807, 2.05) is 18.2 Å². The molecule has 2 aromatic rings. The summed E-state index contributed by atoms with van der Waals surface area (Å²) in [7, 11) is 0. The van der Waals surface area contributed by atoms with Gasteiger partial charge in [-0.2, -0.15) is 0 Å². The van der Waals surface area contributed by atoms with Crippen molar-refractivity contribution in [3.05, 3.63) is 30.3 Å². The van der Waals surface area contributed by atoms with E-state index in [1.54, 1.807) is 6.07 Å². The van der Waals surface area contributed by atoms with E-state index in [-0.39, 0.29) is 5.75 Å². The summed E-state index contributed by atoms with van der Waals surface area (Å²) in [6, 6.07) is 11.3. The van der Waals surface area contributed by atoms with Crippen molar-refractivity contribution in [2.24, 2.45) is 0 Å². The van der Waals surface area contributed by atoms with Crippen LogP contribution in [0.25, 0.3) is 11.3 Å². The molecule has 4 aliphatic heterocycles. The summed E-state index contributed by atoms with van der Waals surface area (Å²) in [4.78, 5) is 7.98. The number of rotatable bonds is 3. The summed E-state index contributed by atoms with van der Waals surface area (Å²) in [6.45, 7) is 8.91. The van der Waals surface area contributed by atoms with Crippen LogP contribution >= 0.6 is 0 Å². The summed E-state index contributed by atoms with van der Waals surface area (Å²) in [5, 5.41) is 26.1. The van der Waals surface area contributed by atoms with Crippen LogP contribution < -0.4 is 15.5 Å². The Labute approximate surface area is 189 Å². The van der Waals surface area contributed by atoms with Gasteiger partial charge in [-0.1, -0.05) is 12.1 Å². The number of hydrogen-bond donors (Lipinski definition) is 3. The number of piperidine rings is 1. The van der Waals surface area contributed by atoms with Gasteiger partial charge in [-0.3, -0.25) is 9.80 Å². The maximum absolute atomic E-state index is 10.3. The van der Waals surface area contributed by atoms with Gasteiger partial charge < -0.3 is 20.6 Å². The molecule has 4 aliphatic rings. The average Bonchev–Trinajstić information content (AvgIpc) is 3.35. The Morgan fingerprint density at radius 1 is 0.875 bits per heavy atom. The Morgan fingerprint density at radius 2 is 1.69 bits per heavy atom. The molecule has 1 aromatic heterocycles. The third kappa shape index (κ3) is 3.70. The van der Waals surface area contributed by atoms with Gasteiger partial charge in [-0.05, 0) is 50.6 Å². The van der Waals surface area contributed by atoms with Crippen LogP contribution in [0.3, 0.4) is 0 Å². The third-order valence-corrected chi connectivity index (χ3v) is 7.82. The first kappa shape index (κ1) is 20.2. The fourth-order valence-electron chi connectivity index (χ4n) is 6.04. The lowest BCUT2D eigenvalue weighted by atomic mass is 10.0. The van der Waals surface area contributed by atoms with E-state index in [9.17, 15) is 5.11 Å². The van der Waals surface area contributed by atoms with Gasteiger partial charge in [0.15, 0.2) is 5.82 Å². The summed E-state index contributed by atoms with van der Waals surface area (Å²) < 4.78 is 0. The number of likely N-dealkylation sites (tertiary alicyclic amines) is 1. The molecule has 8 heteroatoms. The minimum Gasteiger partial charge on any atom is -0.507 e. The number of nitrogens with zero attached hydrogens (tertiary/aromatic N) is 5. The highest BCUT2D eigenvalue weighted by Crippen LogP contribution is 2.36. The van der Waals surface area contributed by atoms with Crippen molar-refractivity contribution in [3.63, 3.8) is 0 Å². The van der Waals surface area contributed by atoms with Crippen molar-refractivity contribution in [2.75, 3.05) is 62.6 Å². The Bertz CT molecular complexity index is 963. The number of benzene rings is 1. The molecule has 8 nitrogen and oxygen atoms in total. The van der Waals surface area contributed by atoms with E-state index in [2.05, 4.69) is 41.6 Å². The SMILES string of the molecule is Oc1ccccc1-c1cc2c(nn1)NC[C@H]1CN(C3CCN(C4CCNCC4)C3)CCN21. The number of para-hydroxylation sites is 1. The number of hydrogen-bond acceptors (Lipinski definition) is 8. The first-order valence-electron chi connectivity index (χ1n) is 12.1. The zero-order valence-electron chi connectivity index (χ0n) is 18.6. The molecule has 170 valence electrons. The lowest BCUT2D eigenvalue weighted by Crippen LogP contribution is -2.60. The van der Waals surface area contributed by atoms with Crippen molar-refractivity contribution >= 4 is 11.5 Å². The van der Waals surface area contributed by atoms with Crippen molar-refractivity contribution in [3.8, 4) is 17.0 Å². The molecule has 3 N–H and O–H groups in total. The van der Waals surface area contributed by atoms with Crippen LogP contribution in [0.4, 0.5) is 11.5 Å². The largest absolute Gasteiger partial charge is 0.507 e. The fourth-order valence-corrected chi connectivity index (χ4v) is 6.04. The lowest BCUT2D eigenvalue weighted by molar-refractivity contribution is 0.142. The van der Waals surface area contributed by atoms with E-state index in [1.165, 1.54) is 45.4 Å². The van der Waals surface area contributed by atoms with E-state index < -0.39 is 0 Å². The number of aromatic hydroxyl groups is 1. The van der Waals surface area contributed by atoms with Crippen LogP contribution in [-0.4, -0.2) is 95.6 Å². The quantitative estimate of drug-likeness (QED) is 0.671. The Morgan fingerprint density at radius 3 is 2.56 bits per heavy atom. The highest BCUT2D eigenvalue weighted by molar-refractivity contribution is 5.76. The van der Waals surface area contributed by atoms with E-state index in [4.69, 9.17) is 0 Å². The molecule has 6 rings (SSSR count). The maximum Gasteiger partial charge on any atom is 0.172 e. The monoisotopic (exact) mass is 435 g/mol. The second-order valence-electron chi connectivity index (χ2n) is 9.62. The van der Waals surface area contributed by atoms with E-state index >= 15 is 0 Å². The minimum absolute atomic E-state index is 0.242.